The molecule has 0 radical (unpaired) electrons. The van der Waals surface area contributed by atoms with E-state index in [2.05, 4.69) is 43.4 Å². The fraction of sp³-hybridized carbons (Fsp3) is 0.767. The summed E-state index contributed by atoms with van der Waals surface area (Å²) < 4.78 is 32.6. The van der Waals surface area contributed by atoms with E-state index in [0.29, 0.717) is 13.0 Å². The van der Waals surface area contributed by atoms with Gasteiger partial charge in [-0.1, -0.05) is 95.2 Å². The maximum absolute atomic E-state index is 12.0. The fourth-order valence-corrected chi connectivity index (χ4v) is 4.40. The van der Waals surface area contributed by atoms with Crippen molar-refractivity contribution in [3.8, 4) is 0 Å². The van der Waals surface area contributed by atoms with Crippen LogP contribution in [-0.2, 0) is 27.9 Å². The van der Waals surface area contributed by atoms with Crippen LogP contribution in [0.15, 0.2) is 36.5 Å². The van der Waals surface area contributed by atoms with E-state index >= 15 is 0 Å². The Morgan fingerprint density at radius 3 is 2.05 bits per heavy atom. The first kappa shape index (κ1) is 37.7. The summed E-state index contributed by atoms with van der Waals surface area (Å²) in [5.41, 5.74) is 5.28. The van der Waals surface area contributed by atoms with Gasteiger partial charge in [-0.25, -0.2) is 4.57 Å². The second kappa shape index (κ2) is 28.3. The van der Waals surface area contributed by atoms with Gasteiger partial charge < -0.3 is 20.1 Å². The number of phosphoric ester groups is 1. The van der Waals surface area contributed by atoms with Crippen molar-refractivity contribution in [1.29, 1.82) is 0 Å². The van der Waals surface area contributed by atoms with Crippen LogP contribution in [-0.4, -0.2) is 49.9 Å². The topological polar surface area (TPSA) is 117 Å². The van der Waals surface area contributed by atoms with Crippen LogP contribution in [0, 0.1) is 0 Å². The van der Waals surface area contributed by atoms with Crippen molar-refractivity contribution < 1.29 is 32.8 Å². The first-order valence-electron chi connectivity index (χ1n) is 15.0. The Labute approximate surface area is 238 Å². The molecule has 228 valence electrons. The summed E-state index contributed by atoms with van der Waals surface area (Å²) in [6, 6.07) is 0. The van der Waals surface area contributed by atoms with Crippen molar-refractivity contribution in [1.82, 2.24) is 0 Å². The maximum Gasteiger partial charge on any atom is 0.472 e. The highest BCUT2D eigenvalue weighted by molar-refractivity contribution is 7.47. The van der Waals surface area contributed by atoms with E-state index in [-0.39, 0.29) is 32.3 Å². The molecule has 2 atom stereocenters. The highest BCUT2D eigenvalue weighted by Gasteiger charge is 2.25. The third-order valence-corrected chi connectivity index (χ3v) is 6.81. The highest BCUT2D eigenvalue weighted by Crippen LogP contribution is 2.43. The van der Waals surface area contributed by atoms with E-state index in [1.807, 2.05) is 6.92 Å². The zero-order chi connectivity index (χ0) is 28.9. The monoisotopic (exact) mass is 573 g/mol. The molecule has 0 rings (SSSR count). The molecular formula is C30H56NO7P. The van der Waals surface area contributed by atoms with Gasteiger partial charge in [0.15, 0.2) is 0 Å². The summed E-state index contributed by atoms with van der Waals surface area (Å²) in [6.07, 6.45) is 28.4. The van der Waals surface area contributed by atoms with Crippen LogP contribution >= 0.6 is 7.82 Å². The minimum absolute atomic E-state index is 0.0974. The van der Waals surface area contributed by atoms with Gasteiger partial charge >= 0.3 is 13.8 Å². The molecule has 9 heteroatoms. The summed E-state index contributed by atoms with van der Waals surface area (Å²) in [4.78, 5) is 21.7. The van der Waals surface area contributed by atoms with Gasteiger partial charge in [-0.05, 0) is 44.9 Å². The predicted molar refractivity (Wildman–Crippen MR) is 160 cm³/mol. The second-order valence-electron chi connectivity index (χ2n) is 9.59. The number of allylic oxidation sites excluding steroid dienone is 6. The molecule has 0 heterocycles. The number of carbonyl (C=O) groups excluding carboxylic acids is 1. The lowest BCUT2D eigenvalue weighted by molar-refractivity contribution is -0.154. The minimum Gasteiger partial charge on any atom is -0.457 e. The Balaban J connectivity index is 3.85. The van der Waals surface area contributed by atoms with Gasteiger partial charge in [0.25, 0.3) is 0 Å². The number of carbonyl (C=O) groups is 1. The SMILES string of the molecule is CC/C=C\C/C=C\C/C=C\CCCCCCCCCCOCC(COP(=O)(O)OCCN)OC(=O)CCCC. The highest BCUT2D eigenvalue weighted by atomic mass is 31.2. The van der Waals surface area contributed by atoms with Crippen LogP contribution < -0.4 is 5.73 Å². The zero-order valence-electron chi connectivity index (χ0n) is 24.6. The van der Waals surface area contributed by atoms with Crippen LogP contribution in [0.5, 0.6) is 0 Å². The molecule has 0 saturated heterocycles. The van der Waals surface area contributed by atoms with E-state index in [1.165, 1.54) is 38.5 Å². The molecule has 0 saturated carbocycles. The van der Waals surface area contributed by atoms with E-state index in [9.17, 15) is 14.3 Å². The van der Waals surface area contributed by atoms with Gasteiger partial charge in [-0.15, -0.1) is 0 Å². The summed E-state index contributed by atoms with van der Waals surface area (Å²) in [7, 11) is -4.24. The van der Waals surface area contributed by atoms with E-state index in [4.69, 9.17) is 24.3 Å². The summed E-state index contributed by atoms with van der Waals surface area (Å²) in [5.74, 6) is -0.371. The van der Waals surface area contributed by atoms with Gasteiger partial charge in [0.05, 0.1) is 19.8 Å². The molecule has 8 nitrogen and oxygen atoms in total. The summed E-state index contributed by atoms with van der Waals surface area (Å²) >= 11 is 0. The summed E-state index contributed by atoms with van der Waals surface area (Å²) in [5, 5.41) is 0. The third-order valence-electron chi connectivity index (χ3n) is 5.82. The predicted octanol–water partition coefficient (Wildman–Crippen LogP) is 7.57. The second-order valence-corrected chi connectivity index (χ2v) is 11.0. The lowest BCUT2D eigenvalue weighted by Gasteiger charge is -2.20. The minimum atomic E-state index is -4.24. The van der Waals surface area contributed by atoms with E-state index in [0.717, 1.165) is 51.4 Å². The third kappa shape index (κ3) is 28.1. The van der Waals surface area contributed by atoms with Crippen molar-refractivity contribution in [3.05, 3.63) is 36.5 Å². The van der Waals surface area contributed by atoms with Crippen LogP contribution in [0.1, 0.15) is 110 Å². The first-order valence-corrected chi connectivity index (χ1v) is 16.5. The largest absolute Gasteiger partial charge is 0.472 e. The molecule has 0 aliphatic rings. The molecule has 3 N–H and O–H groups in total. The normalized spacial score (nSPS) is 14.5. The number of hydrogen-bond acceptors (Lipinski definition) is 7. The molecule has 39 heavy (non-hydrogen) atoms. The standard InChI is InChI=1S/C30H56NO7P/c1-3-5-7-8-9-10-11-12-13-14-15-16-17-18-19-20-21-22-25-35-27-29(38-30(32)23-6-4-2)28-37-39(33,34)36-26-24-31/h5,7,9-10,12-13,29H,3-4,6,8,11,14-28,31H2,1-2H3,(H,33,34)/b7-5-,10-9-,13-12-. The van der Waals surface area contributed by atoms with Crippen LogP contribution in [0.3, 0.4) is 0 Å². The van der Waals surface area contributed by atoms with Crippen LogP contribution in [0.25, 0.3) is 0 Å². The van der Waals surface area contributed by atoms with Gasteiger partial charge in [0, 0.05) is 19.6 Å². The number of nitrogens with two attached hydrogens (primary N) is 1. The first-order chi connectivity index (χ1) is 18.9. The van der Waals surface area contributed by atoms with E-state index < -0.39 is 13.9 Å². The zero-order valence-corrected chi connectivity index (χ0v) is 25.5. The molecule has 2 unspecified atom stereocenters. The molecule has 0 spiro atoms. The molecule has 0 amide bonds. The van der Waals surface area contributed by atoms with E-state index in [1.54, 1.807) is 0 Å². The average molecular weight is 574 g/mol. The smallest absolute Gasteiger partial charge is 0.457 e. The molecule has 0 aromatic heterocycles. The number of hydrogen-bond donors (Lipinski definition) is 2. The fourth-order valence-electron chi connectivity index (χ4n) is 3.63. The van der Waals surface area contributed by atoms with Gasteiger partial charge in [0.1, 0.15) is 6.10 Å². The average Bonchev–Trinajstić information content (AvgIpc) is 2.92. The number of esters is 1. The van der Waals surface area contributed by atoms with Crippen molar-refractivity contribution in [2.45, 2.75) is 116 Å². The number of ether oxygens (including phenoxy) is 2. The van der Waals surface area contributed by atoms with Gasteiger partial charge in [0.2, 0.25) is 0 Å². The Hall–Kier alpha value is -1.28. The Morgan fingerprint density at radius 1 is 0.795 bits per heavy atom. The van der Waals surface area contributed by atoms with Crippen molar-refractivity contribution in [2.24, 2.45) is 5.73 Å². The van der Waals surface area contributed by atoms with Crippen LogP contribution in [0.2, 0.25) is 0 Å². The Bertz CT molecular complexity index is 697. The maximum atomic E-state index is 12.0. The molecule has 0 fully saturated rings. The quantitative estimate of drug-likeness (QED) is 0.0426. The summed E-state index contributed by atoms with van der Waals surface area (Å²) in [6.45, 7) is 4.51. The van der Waals surface area contributed by atoms with Gasteiger partial charge in [-0.3, -0.25) is 13.8 Å². The molecule has 0 aromatic carbocycles. The number of unbranched alkanes of at least 4 members (excludes halogenated alkanes) is 9. The lowest BCUT2D eigenvalue weighted by Crippen LogP contribution is -2.28. The number of phosphoric acid groups is 1. The number of rotatable bonds is 28. The molecule has 0 bridgehead atoms. The molecule has 0 aliphatic carbocycles. The van der Waals surface area contributed by atoms with Crippen molar-refractivity contribution >= 4 is 13.8 Å². The van der Waals surface area contributed by atoms with Crippen molar-refractivity contribution in [2.75, 3.05) is 33.0 Å². The Morgan fingerprint density at radius 2 is 1.41 bits per heavy atom. The molecule has 0 aromatic rings. The molecular weight excluding hydrogens is 517 g/mol. The van der Waals surface area contributed by atoms with Crippen molar-refractivity contribution in [3.63, 3.8) is 0 Å². The Kier molecular flexibility index (Phi) is 27.3. The lowest BCUT2D eigenvalue weighted by atomic mass is 10.1. The van der Waals surface area contributed by atoms with Gasteiger partial charge in [-0.2, -0.15) is 0 Å². The van der Waals surface area contributed by atoms with Crippen LogP contribution in [0.4, 0.5) is 0 Å². The molecule has 0 aliphatic heterocycles.